The molecule has 1 fully saturated rings. The third-order valence-corrected chi connectivity index (χ3v) is 6.25. The Balaban J connectivity index is 1.41. The van der Waals surface area contributed by atoms with Crippen LogP contribution in [0.25, 0.3) is 5.69 Å². The fourth-order valence-electron chi connectivity index (χ4n) is 4.38. The average molecular weight is 455 g/mol. The van der Waals surface area contributed by atoms with Crippen molar-refractivity contribution in [3.8, 4) is 5.69 Å². The molecule has 0 radical (unpaired) electrons. The van der Waals surface area contributed by atoms with Gasteiger partial charge >= 0.3 is 0 Å². The van der Waals surface area contributed by atoms with Gasteiger partial charge in [-0.1, -0.05) is 24.3 Å². The Hall–Kier alpha value is -3.71. The van der Waals surface area contributed by atoms with Crippen LogP contribution in [0, 0.1) is 0 Å². The first-order chi connectivity index (χ1) is 16.3. The molecule has 33 heavy (non-hydrogen) atoms. The molecule has 4 aromatic rings. The Labute approximate surface area is 199 Å². The molecule has 1 aromatic carbocycles. The van der Waals surface area contributed by atoms with Gasteiger partial charge in [-0.15, -0.1) is 0 Å². The fourth-order valence-corrected chi connectivity index (χ4v) is 4.71. The van der Waals surface area contributed by atoms with Gasteiger partial charge in [0.05, 0.1) is 17.8 Å². The number of rotatable bonds is 8. The molecule has 2 atom stereocenters. The molecule has 166 valence electrons. The predicted molar refractivity (Wildman–Crippen MR) is 135 cm³/mol. The smallest absolute Gasteiger partial charge is 0.170 e. The molecular weight excluding hydrogens is 428 g/mol. The largest absolute Gasteiger partial charge is 0.385 e. The first-order valence-corrected chi connectivity index (χ1v) is 11.6. The van der Waals surface area contributed by atoms with E-state index in [2.05, 4.69) is 66.6 Å². The molecular formula is C26H26N6S. The van der Waals surface area contributed by atoms with Gasteiger partial charge in [0.1, 0.15) is 0 Å². The highest BCUT2D eigenvalue weighted by atomic mass is 32.1. The van der Waals surface area contributed by atoms with E-state index in [-0.39, 0.29) is 12.1 Å². The summed E-state index contributed by atoms with van der Waals surface area (Å²) in [6.45, 7) is 1.71. The van der Waals surface area contributed by atoms with Gasteiger partial charge in [-0.2, -0.15) is 0 Å². The lowest BCUT2D eigenvalue weighted by atomic mass is 10.0. The van der Waals surface area contributed by atoms with Gasteiger partial charge < -0.3 is 20.1 Å². The number of para-hydroxylation sites is 1. The maximum Gasteiger partial charge on any atom is 0.170 e. The van der Waals surface area contributed by atoms with Crippen LogP contribution in [0.15, 0.2) is 97.6 Å². The zero-order valence-corrected chi connectivity index (χ0v) is 19.0. The average Bonchev–Trinajstić information content (AvgIpc) is 3.48. The number of thiocarbonyl (C=S) groups is 1. The predicted octanol–water partition coefficient (Wildman–Crippen LogP) is 4.74. The molecule has 1 aliphatic rings. The van der Waals surface area contributed by atoms with Crippen LogP contribution in [-0.2, 0) is 0 Å². The summed E-state index contributed by atoms with van der Waals surface area (Å²) >= 11 is 5.82. The summed E-state index contributed by atoms with van der Waals surface area (Å²) < 4.78 is 2.22. The van der Waals surface area contributed by atoms with Crippen molar-refractivity contribution in [2.75, 3.05) is 18.4 Å². The SMILES string of the molecule is S=C1N[C@H](c2ccccn2)[C@@H](c2cccn2-c2ccncc2)N1CCCNc1ccccc1. The van der Waals surface area contributed by atoms with Gasteiger partial charge in [0, 0.05) is 54.9 Å². The lowest BCUT2D eigenvalue weighted by Crippen LogP contribution is -2.32. The number of pyridine rings is 2. The van der Waals surface area contributed by atoms with Crippen LogP contribution in [0.5, 0.6) is 0 Å². The van der Waals surface area contributed by atoms with Crippen molar-refractivity contribution in [3.05, 3.63) is 109 Å². The van der Waals surface area contributed by atoms with E-state index in [9.17, 15) is 0 Å². The normalized spacial score (nSPS) is 17.7. The van der Waals surface area contributed by atoms with Crippen LogP contribution in [0.1, 0.15) is 29.9 Å². The van der Waals surface area contributed by atoms with Crippen molar-refractivity contribution in [3.63, 3.8) is 0 Å². The van der Waals surface area contributed by atoms with Crippen molar-refractivity contribution in [2.24, 2.45) is 0 Å². The van der Waals surface area contributed by atoms with Crippen molar-refractivity contribution >= 4 is 23.0 Å². The summed E-state index contributed by atoms with van der Waals surface area (Å²) in [5.74, 6) is 0. The zero-order chi connectivity index (χ0) is 22.5. The van der Waals surface area contributed by atoms with Crippen LogP contribution >= 0.6 is 12.2 Å². The highest BCUT2D eigenvalue weighted by Gasteiger charge is 2.40. The minimum Gasteiger partial charge on any atom is -0.385 e. The van der Waals surface area contributed by atoms with Gasteiger partial charge in [0.2, 0.25) is 0 Å². The second kappa shape index (κ2) is 9.83. The molecule has 0 unspecified atom stereocenters. The molecule has 6 nitrogen and oxygen atoms in total. The Morgan fingerprint density at radius 3 is 2.52 bits per heavy atom. The van der Waals surface area contributed by atoms with Crippen molar-refractivity contribution in [2.45, 2.75) is 18.5 Å². The number of aromatic nitrogens is 3. The van der Waals surface area contributed by atoms with Gasteiger partial charge in [0.15, 0.2) is 5.11 Å². The quantitative estimate of drug-likeness (QED) is 0.296. The first kappa shape index (κ1) is 21.2. The van der Waals surface area contributed by atoms with E-state index >= 15 is 0 Å². The Kier molecular flexibility index (Phi) is 6.30. The highest BCUT2D eigenvalue weighted by molar-refractivity contribution is 7.80. The Morgan fingerprint density at radius 1 is 0.909 bits per heavy atom. The summed E-state index contributed by atoms with van der Waals surface area (Å²) in [6.07, 6.45) is 8.53. The van der Waals surface area contributed by atoms with Crippen molar-refractivity contribution < 1.29 is 0 Å². The zero-order valence-electron chi connectivity index (χ0n) is 18.2. The van der Waals surface area contributed by atoms with Crippen molar-refractivity contribution in [1.29, 1.82) is 0 Å². The molecule has 3 aromatic heterocycles. The number of nitrogens with one attached hydrogen (secondary N) is 2. The molecule has 1 saturated heterocycles. The fraction of sp³-hybridized carbons (Fsp3) is 0.192. The number of anilines is 1. The van der Waals surface area contributed by atoms with E-state index in [1.807, 2.05) is 61.1 Å². The summed E-state index contributed by atoms with van der Waals surface area (Å²) in [5.41, 5.74) is 4.36. The third-order valence-electron chi connectivity index (χ3n) is 5.90. The lowest BCUT2D eigenvalue weighted by molar-refractivity contribution is 0.307. The molecule has 0 amide bonds. The molecule has 1 aliphatic heterocycles. The second-order valence-electron chi connectivity index (χ2n) is 7.97. The summed E-state index contributed by atoms with van der Waals surface area (Å²) in [5, 5.41) is 7.80. The molecule has 5 rings (SSSR count). The highest BCUT2D eigenvalue weighted by Crippen LogP contribution is 2.39. The Bertz CT molecular complexity index is 1180. The van der Waals surface area contributed by atoms with E-state index < -0.39 is 0 Å². The van der Waals surface area contributed by atoms with E-state index in [0.29, 0.717) is 0 Å². The first-order valence-electron chi connectivity index (χ1n) is 11.2. The Morgan fingerprint density at radius 2 is 1.73 bits per heavy atom. The third kappa shape index (κ3) is 4.59. The monoisotopic (exact) mass is 454 g/mol. The minimum atomic E-state index is -0.0312. The van der Waals surface area contributed by atoms with E-state index in [1.165, 1.54) is 5.69 Å². The maximum atomic E-state index is 5.82. The van der Waals surface area contributed by atoms with Crippen molar-refractivity contribution in [1.82, 2.24) is 24.8 Å². The van der Waals surface area contributed by atoms with E-state index in [4.69, 9.17) is 12.2 Å². The number of hydrogen-bond acceptors (Lipinski definition) is 4. The van der Waals surface area contributed by atoms with Crippen LogP contribution < -0.4 is 10.6 Å². The number of hydrogen-bond donors (Lipinski definition) is 2. The standard InChI is InChI=1S/C26H26N6S/c33-26-30-24(22-10-4-5-14-29-22)25(23-11-6-18-31(23)21-12-16-27-17-13-21)32(26)19-7-15-28-20-8-2-1-3-9-20/h1-6,8-14,16-18,24-25,28H,7,15,19H2,(H,30,33)/t24-,25-/m1/s1. The molecule has 0 spiro atoms. The lowest BCUT2D eigenvalue weighted by Gasteiger charge is -2.29. The van der Waals surface area contributed by atoms with Crippen LogP contribution in [0.3, 0.4) is 0 Å². The minimum absolute atomic E-state index is 0.0206. The number of benzene rings is 1. The van der Waals surface area contributed by atoms with Gasteiger partial charge in [0.25, 0.3) is 0 Å². The van der Waals surface area contributed by atoms with Gasteiger partial charge in [-0.3, -0.25) is 9.97 Å². The van der Waals surface area contributed by atoms with E-state index in [1.54, 1.807) is 0 Å². The number of nitrogens with zero attached hydrogens (tertiary/aromatic N) is 4. The molecule has 2 N–H and O–H groups in total. The molecule has 0 saturated carbocycles. The summed E-state index contributed by atoms with van der Waals surface area (Å²) in [7, 11) is 0. The molecule has 7 heteroatoms. The van der Waals surface area contributed by atoms with Crippen LogP contribution in [-0.4, -0.2) is 37.6 Å². The topological polar surface area (TPSA) is 58.0 Å². The molecule has 0 bridgehead atoms. The van der Waals surface area contributed by atoms with Gasteiger partial charge in [-0.05, 0) is 67.2 Å². The van der Waals surface area contributed by atoms with Crippen LogP contribution in [0.4, 0.5) is 5.69 Å². The van der Waals surface area contributed by atoms with E-state index in [0.717, 1.165) is 41.7 Å². The van der Waals surface area contributed by atoms with Crippen LogP contribution in [0.2, 0.25) is 0 Å². The van der Waals surface area contributed by atoms with Gasteiger partial charge in [-0.25, -0.2) is 0 Å². The molecule has 0 aliphatic carbocycles. The summed E-state index contributed by atoms with van der Waals surface area (Å²) in [6, 6.07) is 24.6. The maximum absolute atomic E-state index is 5.82. The second-order valence-corrected chi connectivity index (χ2v) is 8.36. The molecule has 4 heterocycles. The summed E-state index contributed by atoms with van der Waals surface area (Å²) in [4.78, 5) is 11.1.